The van der Waals surface area contributed by atoms with Crippen LogP contribution in [0.25, 0.3) is 10.9 Å². The summed E-state index contributed by atoms with van der Waals surface area (Å²) >= 11 is 5.73. The average Bonchev–Trinajstić information content (AvgIpc) is 2.87. The van der Waals surface area contributed by atoms with E-state index in [9.17, 15) is 18.4 Å². The highest BCUT2D eigenvalue weighted by atomic mass is 35.5. The number of hydrogen-bond acceptors (Lipinski definition) is 2. The van der Waals surface area contributed by atoms with Gasteiger partial charge in [0.1, 0.15) is 10.6 Å². The number of benzene rings is 1. The van der Waals surface area contributed by atoms with E-state index in [1.165, 1.54) is 0 Å². The summed E-state index contributed by atoms with van der Waals surface area (Å²) in [6, 6.07) is -1.08. The van der Waals surface area contributed by atoms with Crippen molar-refractivity contribution in [1.29, 1.82) is 0 Å². The number of aromatic nitrogens is 1. The predicted molar refractivity (Wildman–Crippen MR) is 68.4 cm³/mol. The van der Waals surface area contributed by atoms with Gasteiger partial charge in [-0.2, -0.15) is 0 Å². The second kappa shape index (κ2) is 4.28. The number of halogens is 3. The van der Waals surface area contributed by atoms with E-state index in [1.54, 1.807) is 0 Å². The van der Waals surface area contributed by atoms with Gasteiger partial charge in [-0.25, -0.2) is 13.6 Å². The smallest absolute Gasteiger partial charge is 0.341 e. The molecule has 0 aliphatic heterocycles. The van der Waals surface area contributed by atoms with Crippen LogP contribution in [-0.2, 0) is 0 Å². The summed E-state index contributed by atoms with van der Waals surface area (Å²) in [7, 11) is 0. The maximum atomic E-state index is 13.8. The minimum absolute atomic E-state index is 0.458. The fourth-order valence-corrected chi connectivity index (χ4v) is 2.24. The number of pyridine rings is 1. The predicted octanol–water partition coefficient (Wildman–Crippen LogP) is 2.97. The van der Waals surface area contributed by atoms with Crippen molar-refractivity contribution in [2.75, 3.05) is 0 Å². The Morgan fingerprint density at radius 2 is 2.15 bits per heavy atom. The molecule has 0 saturated heterocycles. The number of hydrogen-bond donors (Lipinski definition) is 1. The van der Waals surface area contributed by atoms with E-state index in [-0.39, 0.29) is 0 Å². The third-order valence-corrected chi connectivity index (χ3v) is 3.28. The molecule has 1 N–H and O–H groups in total. The van der Waals surface area contributed by atoms with Crippen LogP contribution in [0.3, 0.4) is 0 Å². The molecular weight excluding hydrogens is 292 g/mol. The van der Waals surface area contributed by atoms with E-state index < -0.39 is 63.3 Å². The fraction of sp³-hybridized carbons (Fsp3) is 0.231. The lowest BCUT2D eigenvalue weighted by atomic mass is 10.1. The van der Waals surface area contributed by atoms with Crippen molar-refractivity contribution >= 4 is 28.5 Å². The summed E-state index contributed by atoms with van der Waals surface area (Å²) in [5, 5.41) is 7.68. The van der Waals surface area contributed by atoms with Crippen molar-refractivity contribution < 1.29 is 24.2 Å². The highest BCUT2D eigenvalue weighted by Gasteiger charge is 2.29. The van der Waals surface area contributed by atoms with Crippen molar-refractivity contribution in [3.8, 4) is 0 Å². The van der Waals surface area contributed by atoms with Crippen LogP contribution < -0.4 is 5.43 Å². The van der Waals surface area contributed by atoms with Crippen LogP contribution >= 0.6 is 11.6 Å². The molecule has 1 aromatic carbocycles. The van der Waals surface area contributed by atoms with Crippen LogP contribution in [0.1, 0.15) is 34.6 Å². The molecule has 2 aromatic rings. The molecule has 0 bridgehead atoms. The standard InChI is InChI=1S/C13H8ClF2NO3/c14-9-10(16)8(15)3-6-11(9)17(5-1-2-5)4-7(12(6)18)13(19)20/h3-5H,1-2H2,(H,19,20)/i1D2,2D2. The molecule has 3 rings (SSSR count). The van der Waals surface area contributed by atoms with E-state index in [2.05, 4.69) is 0 Å². The van der Waals surface area contributed by atoms with Crippen LogP contribution in [0.2, 0.25) is 5.02 Å². The molecule has 4 nitrogen and oxygen atoms in total. The summed E-state index contributed by atoms with van der Waals surface area (Å²) in [6.45, 7) is 0. The van der Waals surface area contributed by atoms with Gasteiger partial charge < -0.3 is 9.67 Å². The van der Waals surface area contributed by atoms with Gasteiger partial charge in [-0.3, -0.25) is 4.79 Å². The fourth-order valence-electron chi connectivity index (χ4n) is 1.95. The molecule has 1 aromatic heterocycles. The average molecular weight is 304 g/mol. The van der Waals surface area contributed by atoms with Crippen LogP contribution in [0, 0.1) is 11.6 Å². The SMILES string of the molecule is [2H]C1([2H])C(n2cc(C(=O)O)c(=O)c3cc(F)c(F)c(Cl)c32)C1([2H])[2H]. The van der Waals surface area contributed by atoms with E-state index >= 15 is 0 Å². The number of aromatic carboxylic acids is 1. The Kier molecular flexibility index (Phi) is 1.94. The Balaban J connectivity index is 2.50. The van der Waals surface area contributed by atoms with Gasteiger partial charge in [-0.05, 0) is 18.8 Å². The lowest BCUT2D eigenvalue weighted by molar-refractivity contribution is 0.0695. The van der Waals surface area contributed by atoms with E-state index in [0.29, 0.717) is 12.3 Å². The lowest BCUT2D eigenvalue weighted by Gasteiger charge is -2.13. The van der Waals surface area contributed by atoms with Gasteiger partial charge >= 0.3 is 5.97 Å². The highest BCUT2D eigenvalue weighted by molar-refractivity contribution is 6.35. The van der Waals surface area contributed by atoms with Crippen molar-refractivity contribution in [3.63, 3.8) is 0 Å². The van der Waals surface area contributed by atoms with Crippen LogP contribution in [0.5, 0.6) is 0 Å². The van der Waals surface area contributed by atoms with E-state index in [0.717, 1.165) is 4.57 Å². The molecule has 1 aliphatic rings. The molecule has 0 atom stereocenters. The van der Waals surface area contributed by atoms with Crippen LogP contribution in [0.15, 0.2) is 17.1 Å². The van der Waals surface area contributed by atoms with Gasteiger partial charge in [0.2, 0.25) is 5.43 Å². The molecule has 0 radical (unpaired) electrons. The van der Waals surface area contributed by atoms with Crippen molar-refractivity contribution in [2.45, 2.75) is 18.8 Å². The van der Waals surface area contributed by atoms with Gasteiger partial charge in [0.15, 0.2) is 11.6 Å². The molecule has 1 heterocycles. The molecule has 0 amide bonds. The summed E-state index contributed by atoms with van der Waals surface area (Å²) in [5.41, 5.74) is -2.42. The van der Waals surface area contributed by atoms with E-state index in [4.69, 9.17) is 22.2 Å². The van der Waals surface area contributed by atoms with Gasteiger partial charge in [0.05, 0.1) is 10.9 Å². The van der Waals surface area contributed by atoms with Crippen LogP contribution in [0.4, 0.5) is 8.78 Å². The molecule has 104 valence electrons. The zero-order valence-corrected chi connectivity index (χ0v) is 10.3. The Hall–Kier alpha value is -1.95. The summed E-state index contributed by atoms with van der Waals surface area (Å²) < 4.78 is 58.7. The van der Waals surface area contributed by atoms with Gasteiger partial charge in [0, 0.05) is 17.7 Å². The Morgan fingerprint density at radius 3 is 2.70 bits per heavy atom. The Bertz CT molecular complexity index is 962. The second-order valence-electron chi connectivity index (χ2n) is 4.16. The molecule has 1 aliphatic carbocycles. The number of carboxylic acid groups (broad SMARTS) is 1. The Labute approximate surface area is 121 Å². The van der Waals surface area contributed by atoms with E-state index in [1.807, 2.05) is 0 Å². The maximum Gasteiger partial charge on any atom is 0.341 e. The molecule has 0 unspecified atom stereocenters. The molecule has 1 saturated carbocycles. The lowest BCUT2D eigenvalue weighted by Crippen LogP contribution is -2.19. The van der Waals surface area contributed by atoms with Crippen molar-refractivity contribution in [2.24, 2.45) is 0 Å². The minimum Gasteiger partial charge on any atom is -0.477 e. The van der Waals surface area contributed by atoms with Gasteiger partial charge in [-0.15, -0.1) is 0 Å². The number of carbonyl (C=O) groups is 1. The maximum absolute atomic E-state index is 13.8. The number of nitrogens with zero attached hydrogens (tertiary/aromatic N) is 1. The largest absolute Gasteiger partial charge is 0.477 e. The first-order valence-electron chi connectivity index (χ1n) is 7.38. The number of fused-ring (bicyclic) bond motifs is 1. The van der Waals surface area contributed by atoms with Crippen molar-refractivity contribution in [1.82, 2.24) is 4.57 Å². The third-order valence-electron chi connectivity index (χ3n) is 2.93. The number of rotatable bonds is 2. The first-order valence-corrected chi connectivity index (χ1v) is 5.76. The molecular formula is C13H8ClF2NO3. The van der Waals surface area contributed by atoms with Crippen molar-refractivity contribution in [3.05, 3.63) is 44.7 Å². The summed E-state index contributed by atoms with van der Waals surface area (Å²) in [4.78, 5) is 23.4. The minimum atomic E-state index is -2.40. The third kappa shape index (κ3) is 1.79. The highest BCUT2D eigenvalue weighted by Crippen LogP contribution is 2.39. The number of carboxylic acids is 1. The summed E-state index contributed by atoms with van der Waals surface area (Å²) in [5.74, 6) is -4.64. The van der Waals surface area contributed by atoms with Crippen LogP contribution in [-0.4, -0.2) is 15.6 Å². The normalized spacial score (nSPS) is 22.8. The molecule has 0 spiro atoms. The molecule has 20 heavy (non-hydrogen) atoms. The molecule has 1 fully saturated rings. The summed E-state index contributed by atoms with van der Waals surface area (Å²) in [6.07, 6.45) is -4.11. The van der Waals surface area contributed by atoms with Gasteiger partial charge in [0.25, 0.3) is 0 Å². The molecule has 7 heteroatoms. The topological polar surface area (TPSA) is 59.3 Å². The van der Waals surface area contributed by atoms with Gasteiger partial charge in [-0.1, -0.05) is 11.6 Å². The zero-order chi connectivity index (χ0) is 18.2. The first-order chi connectivity index (χ1) is 10.9. The first kappa shape index (κ1) is 9.07. The Morgan fingerprint density at radius 1 is 1.50 bits per heavy atom. The monoisotopic (exact) mass is 303 g/mol. The second-order valence-corrected chi connectivity index (χ2v) is 4.54. The zero-order valence-electron chi connectivity index (χ0n) is 13.6. The quantitative estimate of drug-likeness (QED) is 0.868.